The molecule has 0 amide bonds. The normalized spacial score (nSPS) is 17.2. The molecule has 142 valence electrons. The maximum Gasteiger partial charge on any atom is 0.191 e. The summed E-state index contributed by atoms with van der Waals surface area (Å²) in [6, 6.07) is 0.278. The van der Waals surface area contributed by atoms with Crippen LogP contribution in [0.3, 0.4) is 0 Å². The Morgan fingerprint density at radius 1 is 1.46 bits per heavy atom. The van der Waals surface area contributed by atoms with Crippen molar-refractivity contribution in [3.05, 3.63) is 27.7 Å². The Balaban J connectivity index is 1.61. The number of methoxy groups -OCH3 is 1. The van der Waals surface area contributed by atoms with Gasteiger partial charge in [-0.05, 0) is 19.8 Å². The molecule has 1 aliphatic rings. The van der Waals surface area contributed by atoms with Gasteiger partial charge in [0, 0.05) is 37.2 Å². The summed E-state index contributed by atoms with van der Waals surface area (Å²) in [6.07, 6.45) is 4.88. The van der Waals surface area contributed by atoms with Crippen LogP contribution in [-0.4, -0.2) is 45.4 Å². The van der Waals surface area contributed by atoms with Crippen molar-refractivity contribution in [3.8, 4) is 0 Å². The van der Waals surface area contributed by atoms with E-state index in [2.05, 4.69) is 39.5 Å². The second-order valence-corrected chi connectivity index (χ2v) is 7.41. The molecule has 0 aliphatic carbocycles. The highest BCUT2D eigenvalue weighted by atomic mass is 32.1. The summed E-state index contributed by atoms with van der Waals surface area (Å²) >= 11 is 1.73. The minimum atomic E-state index is 0.278. The molecule has 0 radical (unpaired) electrons. The van der Waals surface area contributed by atoms with Crippen molar-refractivity contribution in [2.45, 2.75) is 58.8 Å². The highest BCUT2D eigenvalue weighted by molar-refractivity contribution is 7.11. The van der Waals surface area contributed by atoms with Gasteiger partial charge in [0.1, 0.15) is 17.4 Å². The number of rotatable bonds is 7. The molecular formula is C17H27N7OS. The van der Waals surface area contributed by atoms with Crippen LogP contribution in [0, 0.1) is 0 Å². The maximum absolute atomic E-state index is 5.12. The molecule has 8 nitrogen and oxygen atoms in total. The molecule has 0 saturated heterocycles. The third-order valence-corrected chi connectivity index (χ3v) is 5.31. The van der Waals surface area contributed by atoms with Crippen molar-refractivity contribution in [1.82, 2.24) is 30.4 Å². The van der Waals surface area contributed by atoms with Crippen molar-refractivity contribution < 1.29 is 4.74 Å². The number of fused-ring (bicyclic) bond motifs is 1. The molecule has 9 heteroatoms. The second-order valence-electron chi connectivity index (χ2n) is 6.21. The first kappa shape index (κ1) is 18.8. The minimum Gasteiger partial charge on any atom is -0.377 e. The van der Waals surface area contributed by atoms with E-state index in [9.17, 15) is 0 Å². The highest BCUT2D eigenvalue weighted by Crippen LogP contribution is 2.15. The van der Waals surface area contributed by atoms with E-state index in [1.165, 1.54) is 4.88 Å². The molecule has 0 spiro atoms. The number of nitrogens with one attached hydrogen (secondary N) is 2. The number of aryl methyl sites for hydroxylation is 2. The zero-order valence-corrected chi connectivity index (χ0v) is 16.5. The SMILES string of the molecule is CCNC(=NCc1ncc(CC)s1)NC1CCc2nc(COC)nn2C1. The van der Waals surface area contributed by atoms with E-state index in [4.69, 9.17) is 9.73 Å². The average Bonchev–Trinajstić information content (AvgIpc) is 3.26. The molecule has 1 atom stereocenters. The molecule has 26 heavy (non-hydrogen) atoms. The van der Waals surface area contributed by atoms with Gasteiger partial charge in [-0.15, -0.1) is 11.3 Å². The number of ether oxygens (including phenoxy) is 1. The van der Waals surface area contributed by atoms with Gasteiger partial charge in [0.15, 0.2) is 11.8 Å². The van der Waals surface area contributed by atoms with E-state index in [1.54, 1.807) is 18.4 Å². The first-order valence-corrected chi connectivity index (χ1v) is 9.93. The van der Waals surface area contributed by atoms with Crippen molar-refractivity contribution in [2.24, 2.45) is 4.99 Å². The Labute approximate surface area is 158 Å². The molecule has 2 aromatic heterocycles. The van der Waals surface area contributed by atoms with Crippen LogP contribution >= 0.6 is 11.3 Å². The zero-order valence-electron chi connectivity index (χ0n) is 15.7. The summed E-state index contributed by atoms with van der Waals surface area (Å²) < 4.78 is 7.10. The van der Waals surface area contributed by atoms with E-state index in [-0.39, 0.29) is 6.04 Å². The molecule has 3 heterocycles. The Morgan fingerprint density at radius 2 is 2.35 bits per heavy atom. The smallest absolute Gasteiger partial charge is 0.191 e. The van der Waals surface area contributed by atoms with Crippen LogP contribution in [0.15, 0.2) is 11.2 Å². The first-order valence-electron chi connectivity index (χ1n) is 9.11. The first-order chi connectivity index (χ1) is 12.7. The molecule has 3 rings (SSSR count). The lowest BCUT2D eigenvalue weighted by Crippen LogP contribution is -2.47. The summed E-state index contributed by atoms with van der Waals surface area (Å²) in [4.78, 5) is 15.0. The third-order valence-electron chi connectivity index (χ3n) is 4.18. The maximum atomic E-state index is 5.12. The fourth-order valence-corrected chi connectivity index (χ4v) is 3.70. The molecule has 0 aromatic carbocycles. The lowest BCUT2D eigenvalue weighted by Gasteiger charge is -2.25. The van der Waals surface area contributed by atoms with Crippen LogP contribution in [-0.2, 0) is 37.3 Å². The summed E-state index contributed by atoms with van der Waals surface area (Å²) in [5, 5.41) is 12.4. The molecule has 1 unspecified atom stereocenters. The molecule has 2 aromatic rings. The Kier molecular flexibility index (Phi) is 6.56. The van der Waals surface area contributed by atoms with E-state index in [1.807, 2.05) is 10.9 Å². The van der Waals surface area contributed by atoms with Crippen molar-refractivity contribution in [2.75, 3.05) is 13.7 Å². The number of nitrogens with zero attached hydrogens (tertiary/aromatic N) is 5. The molecule has 1 aliphatic heterocycles. The van der Waals surface area contributed by atoms with E-state index < -0.39 is 0 Å². The van der Waals surface area contributed by atoms with Gasteiger partial charge in [0.25, 0.3) is 0 Å². The lowest BCUT2D eigenvalue weighted by atomic mass is 10.1. The van der Waals surface area contributed by atoms with Gasteiger partial charge in [-0.3, -0.25) is 0 Å². The highest BCUT2D eigenvalue weighted by Gasteiger charge is 2.22. The molecule has 0 fully saturated rings. The van der Waals surface area contributed by atoms with E-state index in [0.29, 0.717) is 13.2 Å². The Hall–Kier alpha value is -2.00. The fraction of sp³-hybridized carbons (Fsp3) is 0.647. The standard InChI is InChI=1S/C17H27N7OS/c1-4-13-8-19-16(26-13)9-20-17(18-5-2)21-12-6-7-15-22-14(11-25-3)23-24(15)10-12/h8,12H,4-7,9-11H2,1-3H3,(H2,18,20,21). The number of aromatic nitrogens is 4. The number of aliphatic imine (C=N–C) groups is 1. The third kappa shape index (κ3) is 4.79. The van der Waals surface area contributed by atoms with Crippen LogP contribution in [0.25, 0.3) is 0 Å². The predicted octanol–water partition coefficient (Wildman–Crippen LogP) is 1.51. The van der Waals surface area contributed by atoms with Gasteiger partial charge >= 0.3 is 0 Å². The number of hydrogen-bond acceptors (Lipinski definition) is 6. The predicted molar refractivity (Wildman–Crippen MR) is 102 cm³/mol. The van der Waals surface area contributed by atoms with Crippen molar-refractivity contribution >= 4 is 17.3 Å². The second kappa shape index (κ2) is 9.09. The van der Waals surface area contributed by atoms with Crippen molar-refractivity contribution in [1.29, 1.82) is 0 Å². The Bertz CT molecular complexity index is 739. The molecule has 0 bridgehead atoms. The molecule has 0 saturated carbocycles. The van der Waals surface area contributed by atoms with Gasteiger partial charge in [-0.1, -0.05) is 6.92 Å². The van der Waals surface area contributed by atoms with Gasteiger partial charge in [0.2, 0.25) is 0 Å². The quantitative estimate of drug-likeness (QED) is 0.562. The topological polar surface area (TPSA) is 89.2 Å². The largest absolute Gasteiger partial charge is 0.377 e. The zero-order chi connectivity index (χ0) is 18.4. The van der Waals surface area contributed by atoms with E-state index in [0.717, 1.165) is 55.0 Å². The van der Waals surface area contributed by atoms with Crippen LogP contribution in [0.5, 0.6) is 0 Å². The number of thiazole rings is 1. The lowest BCUT2D eigenvalue weighted by molar-refractivity contribution is 0.177. The van der Waals surface area contributed by atoms with Crippen LogP contribution in [0.1, 0.15) is 41.8 Å². The number of guanidine groups is 1. The minimum absolute atomic E-state index is 0.278. The van der Waals surface area contributed by atoms with Crippen LogP contribution < -0.4 is 10.6 Å². The van der Waals surface area contributed by atoms with E-state index >= 15 is 0 Å². The van der Waals surface area contributed by atoms with Crippen molar-refractivity contribution in [3.63, 3.8) is 0 Å². The summed E-state index contributed by atoms with van der Waals surface area (Å²) in [6.45, 7) is 6.88. The van der Waals surface area contributed by atoms with Gasteiger partial charge in [0.05, 0.1) is 13.1 Å². The summed E-state index contributed by atoms with van der Waals surface area (Å²) in [5.41, 5.74) is 0. The molecule has 2 N–H and O–H groups in total. The fourth-order valence-electron chi connectivity index (χ4n) is 2.91. The summed E-state index contributed by atoms with van der Waals surface area (Å²) in [7, 11) is 1.66. The monoisotopic (exact) mass is 377 g/mol. The van der Waals surface area contributed by atoms with Gasteiger partial charge in [-0.2, -0.15) is 5.10 Å². The molecular weight excluding hydrogens is 350 g/mol. The Morgan fingerprint density at radius 3 is 3.08 bits per heavy atom. The van der Waals surface area contributed by atoms with Gasteiger partial charge in [-0.25, -0.2) is 19.6 Å². The van der Waals surface area contributed by atoms with Gasteiger partial charge < -0.3 is 15.4 Å². The van der Waals surface area contributed by atoms with Crippen LogP contribution in [0.2, 0.25) is 0 Å². The van der Waals surface area contributed by atoms with Crippen LogP contribution in [0.4, 0.5) is 0 Å². The average molecular weight is 378 g/mol. The summed E-state index contributed by atoms with van der Waals surface area (Å²) in [5.74, 6) is 2.61. The number of hydrogen-bond donors (Lipinski definition) is 2.